The summed E-state index contributed by atoms with van der Waals surface area (Å²) < 4.78 is 11.4. The number of esters is 1. The molecule has 194 valence electrons. The second-order valence-electron chi connectivity index (χ2n) is 9.92. The van der Waals surface area contributed by atoms with Gasteiger partial charge in [-0.05, 0) is 56.9 Å². The summed E-state index contributed by atoms with van der Waals surface area (Å²) in [4.78, 5) is 25.9. The minimum atomic E-state index is -0.866. The van der Waals surface area contributed by atoms with Crippen molar-refractivity contribution >= 4 is 23.2 Å². The van der Waals surface area contributed by atoms with E-state index in [1.54, 1.807) is 0 Å². The molecule has 0 spiro atoms. The van der Waals surface area contributed by atoms with E-state index >= 15 is 0 Å². The van der Waals surface area contributed by atoms with Gasteiger partial charge in [0, 0.05) is 31.3 Å². The van der Waals surface area contributed by atoms with E-state index in [9.17, 15) is 9.90 Å². The van der Waals surface area contributed by atoms with Crippen LogP contribution in [0.25, 0.3) is 22.3 Å². The lowest BCUT2D eigenvalue weighted by Gasteiger charge is -2.19. The van der Waals surface area contributed by atoms with Gasteiger partial charge in [0.05, 0.1) is 17.6 Å². The third kappa shape index (κ3) is 7.68. The number of nitrogens with one attached hydrogen (secondary N) is 1. The molecule has 8 nitrogen and oxygen atoms in total. The minimum Gasteiger partial charge on any atom is -0.476 e. The number of dihydropyridines is 1. The molecule has 0 bridgehead atoms. The first-order chi connectivity index (χ1) is 17.8. The molecule has 1 atom stereocenters. The lowest BCUT2D eigenvalue weighted by Crippen LogP contribution is -2.24. The van der Waals surface area contributed by atoms with Crippen molar-refractivity contribution in [1.82, 2.24) is 15.3 Å². The number of nitrogens with zero attached hydrogens (tertiary/aromatic N) is 3. The van der Waals surface area contributed by atoms with E-state index in [0.29, 0.717) is 47.7 Å². The number of carbonyl (C=O) groups excluding carboxylic acids is 1. The van der Waals surface area contributed by atoms with Gasteiger partial charge in [-0.25, -0.2) is 9.97 Å². The molecule has 0 fully saturated rings. The molecule has 0 saturated heterocycles. The first kappa shape index (κ1) is 26.4. The number of aliphatic imine (C=N–C) groups is 1. The molecule has 2 N–H and O–H groups in total. The number of hydrogen-bond acceptors (Lipinski definition) is 8. The van der Waals surface area contributed by atoms with Crippen LogP contribution in [-0.2, 0) is 9.53 Å². The molecule has 0 saturated carbocycles. The van der Waals surface area contributed by atoms with Crippen LogP contribution in [0.1, 0.15) is 51.8 Å². The molecule has 3 aromatic rings. The van der Waals surface area contributed by atoms with Crippen molar-refractivity contribution in [2.45, 2.75) is 51.9 Å². The van der Waals surface area contributed by atoms with Crippen LogP contribution in [0.2, 0.25) is 0 Å². The van der Waals surface area contributed by atoms with E-state index < -0.39 is 11.8 Å². The van der Waals surface area contributed by atoms with Gasteiger partial charge in [-0.3, -0.25) is 15.1 Å². The van der Waals surface area contributed by atoms with Gasteiger partial charge in [0.1, 0.15) is 17.5 Å². The SMILES string of the molecule is CC(C)(C)OC(=O)CCCOc1nc2cc(C(O)NCC3=CCCN=C3)ccc2nc1-c1ccccc1. The molecule has 0 amide bonds. The van der Waals surface area contributed by atoms with E-state index in [1.807, 2.05) is 75.5 Å². The van der Waals surface area contributed by atoms with Crippen molar-refractivity contribution in [1.29, 1.82) is 0 Å². The van der Waals surface area contributed by atoms with Gasteiger partial charge in [-0.1, -0.05) is 42.5 Å². The molecule has 2 aromatic carbocycles. The Labute approximate surface area is 217 Å². The molecule has 8 heteroatoms. The molecule has 1 aliphatic heterocycles. The van der Waals surface area contributed by atoms with Gasteiger partial charge in [0.2, 0.25) is 5.88 Å². The average molecular weight is 503 g/mol. The predicted molar refractivity (Wildman–Crippen MR) is 145 cm³/mol. The van der Waals surface area contributed by atoms with E-state index in [2.05, 4.69) is 16.4 Å². The number of carbonyl (C=O) groups is 1. The van der Waals surface area contributed by atoms with E-state index in [1.165, 1.54) is 0 Å². The Hall–Kier alpha value is -3.62. The number of aromatic nitrogens is 2. The lowest BCUT2D eigenvalue weighted by atomic mass is 10.1. The Morgan fingerprint density at radius 3 is 2.65 bits per heavy atom. The van der Waals surface area contributed by atoms with E-state index in [-0.39, 0.29) is 12.4 Å². The Kier molecular flexibility index (Phi) is 8.63. The Bertz CT molecular complexity index is 1280. The van der Waals surface area contributed by atoms with Crippen LogP contribution in [-0.4, -0.2) is 52.6 Å². The molecular weight excluding hydrogens is 468 g/mol. The largest absolute Gasteiger partial charge is 0.476 e. The minimum absolute atomic E-state index is 0.252. The van der Waals surface area contributed by atoms with Crippen LogP contribution in [0.15, 0.2) is 65.2 Å². The third-order valence-corrected chi connectivity index (χ3v) is 5.62. The second-order valence-corrected chi connectivity index (χ2v) is 9.92. The number of rotatable bonds is 10. The highest BCUT2D eigenvalue weighted by atomic mass is 16.6. The summed E-state index contributed by atoms with van der Waals surface area (Å²) in [5.41, 5.74) is 4.03. The first-order valence-corrected chi connectivity index (χ1v) is 12.6. The molecule has 1 aromatic heterocycles. The van der Waals surface area contributed by atoms with Gasteiger partial charge in [0.25, 0.3) is 0 Å². The summed E-state index contributed by atoms with van der Waals surface area (Å²) in [6.45, 7) is 7.17. The molecule has 1 aliphatic rings. The zero-order valence-electron chi connectivity index (χ0n) is 21.6. The maximum Gasteiger partial charge on any atom is 0.306 e. The normalized spacial score (nSPS) is 14.3. The second kappa shape index (κ2) is 12.1. The molecule has 0 radical (unpaired) electrons. The van der Waals surface area contributed by atoms with Crippen LogP contribution < -0.4 is 10.1 Å². The van der Waals surface area contributed by atoms with E-state index in [4.69, 9.17) is 19.4 Å². The van der Waals surface area contributed by atoms with Crippen molar-refractivity contribution in [3.05, 3.63) is 65.7 Å². The van der Waals surface area contributed by atoms with Gasteiger partial charge < -0.3 is 14.6 Å². The highest BCUT2D eigenvalue weighted by molar-refractivity contribution is 5.81. The maximum atomic E-state index is 12.0. The summed E-state index contributed by atoms with van der Waals surface area (Å²) >= 11 is 0. The fourth-order valence-electron chi connectivity index (χ4n) is 3.90. The van der Waals surface area contributed by atoms with Crippen LogP contribution >= 0.6 is 0 Å². The maximum absolute atomic E-state index is 12.0. The van der Waals surface area contributed by atoms with Crippen molar-refractivity contribution in [2.24, 2.45) is 4.99 Å². The summed E-state index contributed by atoms with van der Waals surface area (Å²) in [6.07, 6.45) is 4.75. The number of benzene rings is 2. The van der Waals surface area contributed by atoms with Crippen LogP contribution in [0.5, 0.6) is 5.88 Å². The van der Waals surface area contributed by atoms with Gasteiger partial charge >= 0.3 is 5.97 Å². The number of fused-ring (bicyclic) bond motifs is 1. The lowest BCUT2D eigenvalue weighted by molar-refractivity contribution is -0.155. The highest BCUT2D eigenvalue weighted by Crippen LogP contribution is 2.30. The fourth-order valence-corrected chi connectivity index (χ4v) is 3.90. The van der Waals surface area contributed by atoms with Gasteiger partial charge in [-0.2, -0.15) is 0 Å². The number of ether oxygens (including phenoxy) is 2. The monoisotopic (exact) mass is 502 g/mol. The van der Waals surface area contributed by atoms with Gasteiger partial charge in [-0.15, -0.1) is 0 Å². The highest BCUT2D eigenvalue weighted by Gasteiger charge is 2.17. The summed E-state index contributed by atoms with van der Waals surface area (Å²) in [7, 11) is 0. The average Bonchev–Trinajstić information content (AvgIpc) is 2.89. The Balaban J connectivity index is 1.51. The van der Waals surface area contributed by atoms with Crippen molar-refractivity contribution in [3.8, 4) is 17.1 Å². The number of aliphatic hydroxyl groups excluding tert-OH is 1. The predicted octanol–water partition coefficient (Wildman–Crippen LogP) is 4.78. The molecular formula is C29H34N4O4. The quantitative estimate of drug-likeness (QED) is 0.233. The van der Waals surface area contributed by atoms with E-state index in [0.717, 1.165) is 24.1 Å². The van der Waals surface area contributed by atoms with Crippen LogP contribution in [0.3, 0.4) is 0 Å². The first-order valence-electron chi connectivity index (χ1n) is 12.6. The van der Waals surface area contributed by atoms with Crippen molar-refractivity contribution in [3.63, 3.8) is 0 Å². The molecule has 0 aliphatic carbocycles. The topological polar surface area (TPSA) is 106 Å². The summed E-state index contributed by atoms with van der Waals surface area (Å²) in [5.74, 6) is 0.122. The smallest absolute Gasteiger partial charge is 0.306 e. The summed E-state index contributed by atoms with van der Waals surface area (Å²) in [6, 6.07) is 15.2. The van der Waals surface area contributed by atoms with Crippen LogP contribution in [0, 0.1) is 0 Å². The van der Waals surface area contributed by atoms with Gasteiger partial charge in [0.15, 0.2) is 0 Å². The summed E-state index contributed by atoms with van der Waals surface area (Å²) in [5, 5.41) is 13.8. The Morgan fingerprint density at radius 2 is 1.92 bits per heavy atom. The Morgan fingerprint density at radius 1 is 1.11 bits per heavy atom. The standard InChI is InChI=1S/C29H34N4O4/c1-29(2,3)37-25(34)12-8-16-36-28-26(21-10-5-4-6-11-21)32-23-14-13-22(17-24(23)33-28)27(35)31-19-20-9-7-15-30-18-20/h4-6,9-11,13-14,17-18,27,31,35H,7-8,12,15-16,19H2,1-3H3. The molecule has 4 rings (SSSR count). The third-order valence-electron chi connectivity index (χ3n) is 5.62. The van der Waals surface area contributed by atoms with Crippen molar-refractivity contribution < 1.29 is 19.4 Å². The van der Waals surface area contributed by atoms with Crippen molar-refractivity contribution in [2.75, 3.05) is 19.7 Å². The fraction of sp³-hybridized carbons (Fsp3) is 0.379. The zero-order chi connectivity index (χ0) is 26.3. The molecule has 37 heavy (non-hydrogen) atoms. The molecule has 2 heterocycles. The van der Waals surface area contributed by atoms with Crippen LogP contribution in [0.4, 0.5) is 0 Å². The number of hydrogen-bond donors (Lipinski definition) is 2. The number of aliphatic hydroxyl groups is 1. The zero-order valence-corrected chi connectivity index (χ0v) is 21.6. The molecule has 1 unspecified atom stereocenters.